The third-order valence-electron chi connectivity index (χ3n) is 9.13. The number of hydrogen-bond donors (Lipinski definition) is 0. The van der Waals surface area contributed by atoms with E-state index >= 15 is 0 Å². The minimum absolute atomic E-state index is 0. The first-order valence-corrected chi connectivity index (χ1v) is 18.8. The fourth-order valence-corrected chi connectivity index (χ4v) is 6.62. The molecule has 0 spiro atoms. The Kier molecular flexibility index (Phi) is 7.40. The average Bonchev–Trinajstić information content (AvgIpc) is 3.70. The normalized spacial score (nSPS) is 18.0. The molecule has 0 unspecified atom stereocenters. The summed E-state index contributed by atoms with van der Waals surface area (Å²) in [5, 5.41) is 1.07. The van der Waals surface area contributed by atoms with Crippen molar-refractivity contribution >= 4 is 21.9 Å². The van der Waals surface area contributed by atoms with Crippen molar-refractivity contribution in [2.24, 2.45) is 10.8 Å². The van der Waals surface area contributed by atoms with E-state index < -0.39 is 57.8 Å². The van der Waals surface area contributed by atoms with Crippen molar-refractivity contribution in [3.05, 3.63) is 167 Å². The second-order valence-corrected chi connectivity index (χ2v) is 16.2. The fraction of sp³-hybridized carbons (Fsp3) is 0.273. The number of fused-ring (bicyclic) bond motifs is 3. The summed E-state index contributed by atoms with van der Waals surface area (Å²) < 4.78 is 162. The smallest absolute Gasteiger partial charge is 0.120 e. The molecule has 0 atom stereocenters. The van der Waals surface area contributed by atoms with Crippen LogP contribution in [0.5, 0.6) is 0 Å². The SMILES string of the molecule is [2H]C([2H])([2H])c1c[c-]c(-c2ccc(C([2H])([2H])C(C)(C)C)cn2)cc1.[2H]C([2H])([2H])c1ccc2oc3c(-c4cc(-c5cc(C([2H])([2H])[2H])c(-c6ccc(C([2H])([2H])C(C)(C)C)cc6)cc5C([2H])([2H])[2H])c(C([2H])([2H])[2H])cn4)[c-]ccc3c2c1.[Ir]. The molecule has 8 rings (SSSR count). The van der Waals surface area contributed by atoms with Gasteiger partial charge in [0.25, 0.3) is 0 Å². The van der Waals surface area contributed by atoms with Crippen LogP contribution in [0.1, 0.15) is 107 Å². The topological polar surface area (TPSA) is 38.9 Å². The minimum Gasteiger partial charge on any atom is -0.501 e. The molecule has 3 aromatic heterocycles. The van der Waals surface area contributed by atoms with E-state index in [0.717, 1.165) is 6.20 Å². The van der Waals surface area contributed by atoms with Crippen LogP contribution in [0.15, 0.2) is 120 Å². The summed E-state index contributed by atoms with van der Waals surface area (Å²) in [6.45, 7) is -2.09. The number of aryl methyl sites for hydroxylation is 5. The van der Waals surface area contributed by atoms with Gasteiger partial charge in [0.2, 0.25) is 0 Å². The van der Waals surface area contributed by atoms with Gasteiger partial charge in [-0.2, -0.15) is 0 Å². The summed E-state index contributed by atoms with van der Waals surface area (Å²) in [5.74, 6) is 0. The molecule has 0 N–H and O–H groups in total. The third-order valence-corrected chi connectivity index (χ3v) is 9.13. The Bertz CT molecular complexity index is 3450. The van der Waals surface area contributed by atoms with Gasteiger partial charge in [-0.15, -0.1) is 53.6 Å². The number of hydrogen-bond acceptors (Lipinski definition) is 3. The summed E-state index contributed by atoms with van der Waals surface area (Å²) in [5.41, 5.74) is 1.72. The summed E-state index contributed by atoms with van der Waals surface area (Å²) in [4.78, 5) is 8.74. The summed E-state index contributed by atoms with van der Waals surface area (Å²) in [6.07, 6.45) is -0.588. The maximum absolute atomic E-state index is 8.65. The molecule has 8 aromatic rings. The van der Waals surface area contributed by atoms with Crippen LogP contribution in [-0.4, -0.2) is 9.97 Å². The zero-order valence-electron chi connectivity index (χ0n) is 52.6. The quantitative estimate of drug-likeness (QED) is 0.156. The number of furan rings is 1. The van der Waals surface area contributed by atoms with E-state index in [9.17, 15) is 0 Å². The maximum atomic E-state index is 8.65. The van der Waals surface area contributed by atoms with Crippen molar-refractivity contribution in [1.82, 2.24) is 9.97 Å². The molecule has 3 nitrogen and oxygen atoms in total. The Morgan fingerprint density at radius 1 is 0.593 bits per heavy atom. The molecule has 59 heavy (non-hydrogen) atoms. The van der Waals surface area contributed by atoms with Gasteiger partial charge in [0.05, 0.1) is 5.58 Å². The molecule has 0 amide bonds. The van der Waals surface area contributed by atoms with Crippen molar-refractivity contribution in [3.63, 3.8) is 0 Å². The Hall–Kier alpha value is -5.15. The first-order valence-electron chi connectivity index (χ1n) is 28.3. The number of pyridine rings is 2. The number of aromatic nitrogens is 2. The van der Waals surface area contributed by atoms with Crippen LogP contribution >= 0.6 is 0 Å². The molecule has 0 fully saturated rings. The zero-order chi connectivity index (χ0) is 57.4. The second kappa shape index (κ2) is 17.6. The van der Waals surface area contributed by atoms with Crippen molar-refractivity contribution in [1.29, 1.82) is 0 Å². The Morgan fingerprint density at radius 2 is 1.25 bits per heavy atom. The molecule has 1 radical (unpaired) electrons. The van der Waals surface area contributed by atoms with Gasteiger partial charge in [-0.1, -0.05) is 126 Å². The molecule has 0 aliphatic heterocycles. The molecule has 5 aromatic carbocycles. The number of nitrogens with zero attached hydrogens (tertiary/aromatic N) is 2. The van der Waals surface area contributed by atoms with Crippen LogP contribution in [0, 0.1) is 57.2 Å². The van der Waals surface area contributed by atoms with E-state index in [1.807, 2.05) is 20.8 Å². The van der Waals surface area contributed by atoms with E-state index in [1.54, 1.807) is 87.5 Å². The number of benzene rings is 5. The first-order chi connectivity index (χ1) is 35.1. The molecule has 0 aliphatic carbocycles. The molecule has 303 valence electrons. The molecule has 0 aliphatic rings. The molecule has 0 saturated heterocycles. The average molecular weight is 972 g/mol. The Balaban J connectivity index is 0.000000343. The van der Waals surface area contributed by atoms with Crippen molar-refractivity contribution in [2.45, 2.75) is 88.5 Å². The van der Waals surface area contributed by atoms with Gasteiger partial charge in [0.15, 0.2) is 0 Å². The van der Waals surface area contributed by atoms with Crippen LogP contribution in [-0.2, 0) is 32.9 Å². The van der Waals surface area contributed by atoms with Gasteiger partial charge in [-0.25, -0.2) is 0 Å². The predicted molar refractivity (Wildman–Crippen MR) is 245 cm³/mol. The van der Waals surface area contributed by atoms with Gasteiger partial charge in [-0.3, -0.25) is 0 Å². The van der Waals surface area contributed by atoms with Crippen LogP contribution in [0.4, 0.5) is 0 Å². The van der Waals surface area contributed by atoms with Crippen LogP contribution in [0.25, 0.3) is 66.7 Å². The monoisotopic (exact) mass is 973 g/mol. The minimum atomic E-state index is -2.85. The predicted octanol–water partition coefficient (Wildman–Crippen LogP) is 15.0. The largest absolute Gasteiger partial charge is 0.501 e. The summed E-state index contributed by atoms with van der Waals surface area (Å²) >= 11 is 0. The van der Waals surface area contributed by atoms with Gasteiger partial charge in [0.1, 0.15) is 5.58 Å². The third kappa shape index (κ3) is 10.4. The van der Waals surface area contributed by atoms with E-state index in [4.69, 9.17) is 30.5 Å². The van der Waals surface area contributed by atoms with E-state index in [1.165, 1.54) is 42.6 Å². The van der Waals surface area contributed by atoms with Crippen LogP contribution < -0.4 is 0 Å². The van der Waals surface area contributed by atoms with Gasteiger partial charge in [-0.05, 0) is 125 Å². The van der Waals surface area contributed by atoms with Crippen LogP contribution in [0.2, 0.25) is 0 Å². The molecule has 0 bridgehead atoms. The molecule has 0 saturated carbocycles. The van der Waals surface area contributed by atoms with Crippen molar-refractivity contribution < 1.29 is 50.6 Å². The fourth-order valence-electron chi connectivity index (χ4n) is 6.62. The summed E-state index contributed by atoms with van der Waals surface area (Å²) in [7, 11) is 0. The molecule has 3 heterocycles. The number of rotatable bonds is 6. The zero-order valence-corrected chi connectivity index (χ0v) is 36.0. The van der Waals surface area contributed by atoms with Crippen molar-refractivity contribution in [2.75, 3.05) is 0 Å². The van der Waals surface area contributed by atoms with Crippen LogP contribution in [0.3, 0.4) is 0 Å². The van der Waals surface area contributed by atoms with Crippen molar-refractivity contribution in [3.8, 4) is 44.8 Å². The van der Waals surface area contributed by atoms with E-state index in [0.29, 0.717) is 44.3 Å². The van der Waals surface area contributed by atoms with Gasteiger partial charge >= 0.3 is 0 Å². The Morgan fingerprint density at radius 3 is 1.92 bits per heavy atom. The van der Waals surface area contributed by atoms with E-state index in [2.05, 4.69) is 22.1 Å². The van der Waals surface area contributed by atoms with Gasteiger partial charge < -0.3 is 14.4 Å². The van der Waals surface area contributed by atoms with E-state index in [-0.39, 0.29) is 81.5 Å². The molecular formula is C55H56IrN2O-2. The second-order valence-electron chi connectivity index (χ2n) is 16.2. The summed E-state index contributed by atoms with van der Waals surface area (Å²) in [6, 6.07) is 31.9. The standard InChI is InChI=1S/C38H36NO.C17H20N.Ir/c1-23-11-16-36-34(17-23)29-9-8-10-30(37(29)40-36)35-20-33(26(4)22-39-35)32-19-24(2)31(18-25(32)3)28-14-12-27(13-15-28)21-38(5,6)7;1-13-5-8-15(9-6-13)16-10-7-14(12-18-16)11-17(2,3)4;/h8-9,11-20,22H,21H2,1-7H3;5-8,10,12H,11H2,1-4H3;/q2*-1;/i1D3,2D3,3D3,4D3,21D2;1D3,11D2;. The Labute approximate surface area is 392 Å². The maximum Gasteiger partial charge on any atom is 0.120 e. The van der Waals surface area contributed by atoms with Gasteiger partial charge in [0, 0.05) is 63.9 Å². The molecular weight excluding hydrogens is 897 g/mol. The molecule has 4 heteroatoms. The first kappa shape index (κ1) is 24.8.